The summed E-state index contributed by atoms with van der Waals surface area (Å²) >= 11 is 0. The SMILES string of the molecule is C=C(/C=C\Cc1ccc(/C(CC)=C(\C)C(=C)CC)cc1)CN=C(C)c1ccccc1. The van der Waals surface area contributed by atoms with Crippen LogP contribution in [0.5, 0.6) is 0 Å². The third-order valence-corrected chi connectivity index (χ3v) is 5.48. The molecule has 2 aromatic carbocycles. The molecule has 0 fully saturated rings. The Kier molecular flexibility index (Phi) is 9.28. The second-order valence-corrected chi connectivity index (χ2v) is 7.64. The lowest BCUT2D eigenvalue weighted by Gasteiger charge is -2.13. The van der Waals surface area contributed by atoms with Crippen LogP contribution in [0.2, 0.25) is 0 Å². The van der Waals surface area contributed by atoms with E-state index in [1.165, 1.54) is 27.8 Å². The van der Waals surface area contributed by atoms with Crippen LogP contribution in [0, 0.1) is 0 Å². The standard InChI is InChI=1S/C29H35N/c1-7-23(4)24(5)29(8-2)28-19-17-26(18-20-28)14-12-13-22(3)21-30-25(6)27-15-10-9-11-16-27/h9-13,15-20H,3-4,7-8,14,21H2,1-2,5-6H3/b13-12-,29-24+,30-25?. The minimum atomic E-state index is 0.626. The molecule has 1 heteroatoms. The molecule has 0 amide bonds. The molecule has 0 heterocycles. The Morgan fingerprint density at radius 1 is 0.867 bits per heavy atom. The van der Waals surface area contributed by atoms with E-state index in [9.17, 15) is 0 Å². The molecule has 0 unspecified atom stereocenters. The van der Waals surface area contributed by atoms with Crippen molar-refractivity contribution in [2.75, 3.05) is 6.54 Å². The zero-order valence-corrected chi connectivity index (χ0v) is 19.0. The highest BCUT2D eigenvalue weighted by atomic mass is 14.7. The third kappa shape index (κ3) is 6.84. The lowest BCUT2D eigenvalue weighted by Crippen LogP contribution is -1.96. The van der Waals surface area contributed by atoms with Crippen LogP contribution in [0.15, 0.2) is 102 Å². The normalized spacial score (nSPS) is 12.7. The maximum Gasteiger partial charge on any atom is 0.0637 e. The largest absolute Gasteiger partial charge is 0.285 e. The molecule has 0 spiro atoms. The van der Waals surface area contributed by atoms with Crippen LogP contribution in [0.4, 0.5) is 0 Å². The van der Waals surface area contributed by atoms with E-state index in [1.54, 1.807) is 0 Å². The van der Waals surface area contributed by atoms with Crippen LogP contribution < -0.4 is 0 Å². The van der Waals surface area contributed by atoms with Gasteiger partial charge in [-0.25, -0.2) is 0 Å². The van der Waals surface area contributed by atoms with Gasteiger partial charge in [0.25, 0.3) is 0 Å². The van der Waals surface area contributed by atoms with E-state index in [2.05, 4.69) is 87.5 Å². The average Bonchev–Trinajstić information content (AvgIpc) is 2.78. The van der Waals surface area contributed by atoms with Crippen molar-refractivity contribution < 1.29 is 0 Å². The topological polar surface area (TPSA) is 12.4 Å². The first-order valence-corrected chi connectivity index (χ1v) is 10.8. The zero-order chi connectivity index (χ0) is 21.9. The highest BCUT2D eigenvalue weighted by Crippen LogP contribution is 2.27. The van der Waals surface area contributed by atoms with Crippen molar-refractivity contribution in [2.24, 2.45) is 4.99 Å². The number of rotatable bonds is 10. The van der Waals surface area contributed by atoms with Gasteiger partial charge in [0.1, 0.15) is 0 Å². The van der Waals surface area contributed by atoms with Gasteiger partial charge in [-0.15, -0.1) is 0 Å². The predicted molar refractivity (Wildman–Crippen MR) is 134 cm³/mol. The van der Waals surface area contributed by atoms with Gasteiger partial charge in [-0.05, 0) is 66.5 Å². The third-order valence-electron chi connectivity index (χ3n) is 5.48. The van der Waals surface area contributed by atoms with Gasteiger partial charge in [-0.3, -0.25) is 4.99 Å². The highest BCUT2D eigenvalue weighted by Gasteiger charge is 2.06. The molecule has 0 atom stereocenters. The monoisotopic (exact) mass is 397 g/mol. The molecule has 2 aromatic rings. The summed E-state index contributed by atoms with van der Waals surface area (Å²) < 4.78 is 0. The summed E-state index contributed by atoms with van der Waals surface area (Å²) in [5.41, 5.74) is 9.77. The second-order valence-electron chi connectivity index (χ2n) is 7.64. The Bertz CT molecular complexity index is 938. The van der Waals surface area contributed by atoms with Crippen molar-refractivity contribution in [3.63, 3.8) is 0 Å². The van der Waals surface area contributed by atoms with E-state index < -0.39 is 0 Å². The Hall–Kier alpha value is -2.93. The average molecular weight is 398 g/mol. The number of hydrogen-bond acceptors (Lipinski definition) is 1. The van der Waals surface area contributed by atoms with Crippen molar-refractivity contribution in [1.29, 1.82) is 0 Å². The van der Waals surface area contributed by atoms with Gasteiger partial charge in [-0.2, -0.15) is 0 Å². The quantitative estimate of drug-likeness (QED) is 0.284. The van der Waals surface area contributed by atoms with Gasteiger partial charge in [-0.1, -0.05) is 99.3 Å². The maximum atomic E-state index is 4.65. The Labute approximate surface area is 183 Å². The van der Waals surface area contributed by atoms with Crippen LogP contribution in [0.3, 0.4) is 0 Å². The van der Waals surface area contributed by atoms with E-state index in [0.29, 0.717) is 6.54 Å². The van der Waals surface area contributed by atoms with Crippen LogP contribution in [-0.2, 0) is 6.42 Å². The first kappa shape index (κ1) is 23.3. The van der Waals surface area contributed by atoms with Crippen LogP contribution in [0.25, 0.3) is 5.57 Å². The first-order valence-electron chi connectivity index (χ1n) is 10.8. The molecule has 0 aliphatic rings. The highest BCUT2D eigenvalue weighted by molar-refractivity contribution is 5.98. The molecule has 156 valence electrons. The van der Waals surface area contributed by atoms with E-state index in [4.69, 9.17) is 0 Å². The van der Waals surface area contributed by atoms with Crippen LogP contribution in [-0.4, -0.2) is 12.3 Å². The molecular formula is C29H35N. The van der Waals surface area contributed by atoms with Crippen molar-refractivity contribution in [1.82, 2.24) is 0 Å². The molecule has 0 N–H and O–H groups in total. The number of allylic oxidation sites excluding steroid dienone is 4. The van der Waals surface area contributed by atoms with E-state index >= 15 is 0 Å². The fraction of sp³-hybridized carbons (Fsp3) is 0.276. The molecule has 1 nitrogen and oxygen atoms in total. The molecule has 0 aliphatic carbocycles. The summed E-state index contributed by atoms with van der Waals surface area (Å²) in [6.07, 6.45) is 7.17. The number of aliphatic imine (C=N–C) groups is 1. The molecule has 0 saturated heterocycles. The fourth-order valence-electron chi connectivity index (χ4n) is 3.41. The number of benzene rings is 2. The molecule has 2 rings (SSSR count). The Balaban J connectivity index is 1.95. The van der Waals surface area contributed by atoms with Gasteiger partial charge in [0.15, 0.2) is 0 Å². The van der Waals surface area contributed by atoms with E-state index in [-0.39, 0.29) is 0 Å². The number of hydrogen-bond donors (Lipinski definition) is 0. The van der Waals surface area contributed by atoms with Crippen LogP contribution >= 0.6 is 0 Å². The minimum absolute atomic E-state index is 0.626. The fourth-order valence-corrected chi connectivity index (χ4v) is 3.41. The molecular weight excluding hydrogens is 362 g/mol. The number of nitrogens with zero attached hydrogens (tertiary/aromatic N) is 1. The van der Waals surface area contributed by atoms with Crippen molar-refractivity contribution >= 4 is 11.3 Å². The first-order chi connectivity index (χ1) is 14.5. The summed E-state index contributed by atoms with van der Waals surface area (Å²) in [6.45, 7) is 17.6. The maximum absolute atomic E-state index is 4.65. The van der Waals surface area contributed by atoms with Gasteiger partial charge < -0.3 is 0 Å². The van der Waals surface area contributed by atoms with Crippen LogP contribution in [0.1, 0.15) is 57.2 Å². The summed E-state index contributed by atoms with van der Waals surface area (Å²) in [7, 11) is 0. The van der Waals surface area contributed by atoms with Gasteiger partial charge in [0.05, 0.1) is 6.54 Å². The second kappa shape index (κ2) is 11.9. The molecule has 0 aliphatic heterocycles. The molecule has 0 aromatic heterocycles. The predicted octanol–water partition coefficient (Wildman–Crippen LogP) is 8.00. The summed E-state index contributed by atoms with van der Waals surface area (Å²) in [5.74, 6) is 0. The van der Waals surface area contributed by atoms with Gasteiger partial charge in [0, 0.05) is 5.71 Å². The summed E-state index contributed by atoms with van der Waals surface area (Å²) in [6, 6.07) is 19.2. The molecule has 0 bridgehead atoms. The zero-order valence-electron chi connectivity index (χ0n) is 19.0. The summed E-state index contributed by atoms with van der Waals surface area (Å²) in [4.78, 5) is 4.65. The molecule has 30 heavy (non-hydrogen) atoms. The van der Waals surface area contributed by atoms with Crippen molar-refractivity contribution in [3.05, 3.63) is 113 Å². The molecule has 0 radical (unpaired) electrons. The lowest BCUT2D eigenvalue weighted by molar-refractivity contribution is 1.10. The Morgan fingerprint density at radius 2 is 1.53 bits per heavy atom. The van der Waals surface area contributed by atoms with Gasteiger partial charge >= 0.3 is 0 Å². The minimum Gasteiger partial charge on any atom is -0.285 e. The smallest absolute Gasteiger partial charge is 0.0637 e. The van der Waals surface area contributed by atoms with E-state index in [0.717, 1.165) is 36.1 Å². The van der Waals surface area contributed by atoms with E-state index in [1.807, 2.05) is 25.1 Å². The van der Waals surface area contributed by atoms with Crippen molar-refractivity contribution in [3.8, 4) is 0 Å². The van der Waals surface area contributed by atoms with Crippen molar-refractivity contribution in [2.45, 2.75) is 47.0 Å². The molecule has 0 saturated carbocycles. The Morgan fingerprint density at radius 3 is 2.13 bits per heavy atom. The van der Waals surface area contributed by atoms with Gasteiger partial charge in [0.2, 0.25) is 0 Å². The lowest BCUT2D eigenvalue weighted by atomic mass is 9.93. The summed E-state index contributed by atoms with van der Waals surface area (Å²) in [5, 5.41) is 0.